The van der Waals surface area contributed by atoms with Crippen molar-refractivity contribution < 1.29 is 4.74 Å². The maximum atomic E-state index is 5.67. The molecule has 0 N–H and O–H groups in total. The highest BCUT2D eigenvalue weighted by atomic mass is 16.5. The van der Waals surface area contributed by atoms with Gasteiger partial charge >= 0.3 is 0 Å². The van der Waals surface area contributed by atoms with Crippen LogP contribution in [-0.4, -0.2) is 14.8 Å². The summed E-state index contributed by atoms with van der Waals surface area (Å²) in [5, 5.41) is 4.10. The Morgan fingerprint density at radius 3 is 2.59 bits per heavy atom. The van der Waals surface area contributed by atoms with Gasteiger partial charge in [0, 0.05) is 6.54 Å². The molecule has 0 aliphatic carbocycles. The molecule has 2 rings (SSSR count). The van der Waals surface area contributed by atoms with E-state index >= 15 is 0 Å². The van der Waals surface area contributed by atoms with Gasteiger partial charge in [0.1, 0.15) is 18.7 Å². The normalized spacial score (nSPS) is 10.5. The molecule has 0 bridgehead atoms. The smallest absolute Gasteiger partial charge is 0.164 e. The Kier molecular flexibility index (Phi) is 3.75. The summed E-state index contributed by atoms with van der Waals surface area (Å²) in [6, 6.07) is 8.15. The van der Waals surface area contributed by atoms with Crippen LogP contribution in [0.2, 0.25) is 0 Å². The average molecular weight is 231 g/mol. The molecule has 90 valence electrons. The summed E-state index contributed by atoms with van der Waals surface area (Å²) in [7, 11) is 0. The van der Waals surface area contributed by atoms with Gasteiger partial charge in [-0.25, -0.2) is 9.67 Å². The van der Waals surface area contributed by atoms with E-state index in [4.69, 9.17) is 4.74 Å². The highest BCUT2D eigenvalue weighted by Gasteiger charge is 2.03. The fourth-order valence-corrected chi connectivity index (χ4v) is 1.63. The van der Waals surface area contributed by atoms with E-state index in [-0.39, 0.29) is 0 Å². The minimum Gasteiger partial charge on any atom is -0.486 e. The Labute approximate surface area is 101 Å². The van der Waals surface area contributed by atoms with Gasteiger partial charge in [0.15, 0.2) is 5.82 Å². The first-order valence-corrected chi connectivity index (χ1v) is 5.92. The third kappa shape index (κ3) is 2.84. The van der Waals surface area contributed by atoms with Crippen LogP contribution in [-0.2, 0) is 19.6 Å². The number of benzene rings is 1. The van der Waals surface area contributed by atoms with Gasteiger partial charge in [-0.3, -0.25) is 0 Å². The van der Waals surface area contributed by atoms with E-state index < -0.39 is 0 Å². The molecule has 1 aromatic carbocycles. The van der Waals surface area contributed by atoms with Crippen LogP contribution in [0.5, 0.6) is 5.75 Å². The van der Waals surface area contributed by atoms with Gasteiger partial charge in [-0.1, -0.05) is 19.1 Å². The Morgan fingerprint density at radius 1 is 1.18 bits per heavy atom. The number of rotatable bonds is 5. The molecule has 0 saturated carbocycles. The number of aromatic nitrogens is 3. The first kappa shape index (κ1) is 11.6. The highest BCUT2D eigenvalue weighted by molar-refractivity contribution is 5.27. The van der Waals surface area contributed by atoms with Crippen molar-refractivity contribution in [2.75, 3.05) is 0 Å². The van der Waals surface area contributed by atoms with Gasteiger partial charge in [0.2, 0.25) is 0 Å². The first-order chi connectivity index (χ1) is 8.33. The van der Waals surface area contributed by atoms with Gasteiger partial charge in [-0.05, 0) is 31.0 Å². The Balaban J connectivity index is 1.97. The minimum absolute atomic E-state index is 0.458. The maximum Gasteiger partial charge on any atom is 0.164 e. The van der Waals surface area contributed by atoms with Crippen LogP contribution in [0.25, 0.3) is 0 Å². The average Bonchev–Trinajstić information content (AvgIpc) is 2.84. The summed E-state index contributed by atoms with van der Waals surface area (Å²) in [5.74, 6) is 1.72. The quantitative estimate of drug-likeness (QED) is 0.793. The maximum absolute atomic E-state index is 5.67. The molecule has 0 saturated heterocycles. The summed E-state index contributed by atoms with van der Waals surface area (Å²) >= 11 is 0. The van der Waals surface area contributed by atoms with Gasteiger partial charge in [0.25, 0.3) is 0 Å². The van der Waals surface area contributed by atoms with Crippen molar-refractivity contribution in [3.63, 3.8) is 0 Å². The van der Waals surface area contributed by atoms with Crippen molar-refractivity contribution in [2.24, 2.45) is 0 Å². The molecule has 0 spiro atoms. The summed E-state index contributed by atoms with van der Waals surface area (Å²) in [6.07, 6.45) is 2.60. The van der Waals surface area contributed by atoms with Crippen molar-refractivity contribution in [1.29, 1.82) is 0 Å². The number of aryl methyl sites for hydroxylation is 2. The second-order valence-electron chi connectivity index (χ2n) is 3.78. The molecule has 4 nitrogen and oxygen atoms in total. The lowest BCUT2D eigenvalue weighted by Gasteiger charge is -2.07. The van der Waals surface area contributed by atoms with Gasteiger partial charge in [0.05, 0.1) is 0 Å². The van der Waals surface area contributed by atoms with Crippen molar-refractivity contribution >= 4 is 0 Å². The zero-order valence-electron chi connectivity index (χ0n) is 10.3. The number of hydrogen-bond donors (Lipinski definition) is 0. The van der Waals surface area contributed by atoms with Gasteiger partial charge in [-0.15, -0.1) is 0 Å². The van der Waals surface area contributed by atoms with Crippen LogP contribution >= 0.6 is 0 Å². The lowest BCUT2D eigenvalue weighted by molar-refractivity contribution is 0.287. The van der Waals surface area contributed by atoms with Crippen molar-refractivity contribution in [1.82, 2.24) is 14.8 Å². The zero-order chi connectivity index (χ0) is 12.1. The third-order valence-corrected chi connectivity index (χ3v) is 2.69. The van der Waals surface area contributed by atoms with E-state index in [0.717, 1.165) is 24.5 Å². The number of hydrogen-bond acceptors (Lipinski definition) is 3. The Hall–Kier alpha value is -1.84. The topological polar surface area (TPSA) is 39.9 Å². The molecular formula is C13H17N3O. The van der Waals surface area contributed by atoms with Crippen LogP contribution < -0.4 is 4.74 Å². The molecular weight excluding hydrogens is 214 g/mol. The summed E-state index contributed by atoms with van der Waals surface area (Å²) in [5.41, 5.74) is 1.31. The summed E-state index contributed by atoms with van der Waals surface area (Å²) < 4.78 is 7.50. The van der Waals surface area contributed by atoms with Crippen LogP contribution in [0.4, 0.5) is 0 Å². The lowest BCUT2D eigenvalue weighted by Crippen LogP contribution is -2.07. The highest BCUT2D eigenvalue weighted by Crippen LogP contribution is 2.13. The summed E-state index contributed by atoms with van der Waals surface area (Å²) in [4.78, 5) is 4.16. The minimum atomic E-state index is 0.458. The Morgan fingerprint density at radius 2 is 1.94 bits per heavy atom. The second kappa shape index (κ2) is 5.48. The van der Waals surface area contributed by atoms with E-state index in [2.05, 4.69) is 29.1 Å². The molecule has 0 aliphatic heterocycles. The van der Waals surface area contributed by atoms with Crippen molar-refractivity contribution in [3.8, 4) is 5.75 Å². The largest absolute Gasteiger partial charge is 0.486 e. The molecule has 1 aromatic heterocycles. The predicted octanol–water partition coefficient (Wildman–Crippen LogP) is 2.44. The van der Waals surface area contributed by atoms with Crippen LogP contribution in [0.15, 0.2) is 30.6 Å². The molecule has 0 radical (unpaired) electrons. The van der Waals surface area contributed by atoms with Crippen LogP contribution in [0, 0.1) is 0 Å². The Bertz CT molecular complexity index is 462. The monoisotopic (exact) mass is 231 g/mol. The SMILES string of the molecule is CCc1ccc(OCc2ncnn2CC)cc1. The fraction of sp³-hybridized carbons (Fsp3) is 0.385. The van der Waals surface area contributed by atoms with E-state index in [9.17, 15) is 0 Å². The molecule has 4 heteroatoms. The van der Waals surface area contributed by atoms with Crippen LogP contribution in [0.1, 0.15) is 25.2 Å². The second-order valence-corrected chi connectivity index (χ2v) is 3.78. The number of nitrogens with zero attached hydrogens (tertiary/aromatic N) is 3. The van der Waals surface area contributed by atoms with Gasteiger partial charge in [-0.2, -0.15) is 5.10 Å². The fourth-order valence-electron chi connectivity index (χ4n) is 1.63. The summed E-state index contributed by atoms with van der Waals surface area (Å²) in [6.45, 7) is 5.45. The molecule has 0 fully saturated rings. The van der Waals surface area contributed by atoms with E-state index in [0.29, 0.717) is 6.61 Å². The van der Waals surface area contributed by atoms with Gasteiger partial charge < -0.3 is 4.74 Å². The molecule has 0 aliphatic rings. The molecule has 17 heavy (non-hydrogen) atoms. The molecule has 0 unspecified atom stereocenters. The zero-order valence-corrected chi connectivity index (χ0v) is 10.3. The molecule has 0 atom stereocenters. The molecule has 0 amide bonds. The standard InChI is InChI=1S/C13H17N3O/c1-3-11-5-7-12(8-6-11)17-9-13-14-10-15-16(13)4-2/h5-8,10H,3-4,9H2,1-2H3. The molecule has 2 aromatic rings. The van der Waals surface area contributed by atoms with E-state index in [1.807, 2.05) is 23.7 Å². The van der Waals surface area contributed by atoms with Crippen LogP contribution in [0.3, 0.4) is 0 Å². The third-order valence-electron chi connectivity index (χ3n) is 2.69. The number of ether oxygens (including phenoxy) is 1. The molecule has 1 heterocycles. The first-order valence-electron chi connectivity index (χ1n) is 5.92. The van der Waals surface area contributed by atoms with E-state index in [1.165, 1.54) is 5.56 Å². The van der Waals surface area contributed by atoms with E-state index in [1.54, 1.807) is 6.33 Å². The predicted molar refractivity (Wildman–Crippen MR) is 65.8 cm³/mol. The lowest BCUT2D eigenvalue weighted by atomic mass is 10.2. The van der Waals surface area contributed by atoms with Crippen molar-refractivity contribution in [3.05, 3.63) is 42.0 Å². The van der Waals surface area contributed by atoms with Crippen molar-refractivity contribution in [2.45, 2.75) is 33.4 Å².